The molecule has 8 N–H and O–H groups in total. The summed E-state index contributed by atoms with van der Waals surface area (Å²) >= 11 is 0. The SMILES string of the molecule is Cc1cc(N(c2ccc(N)cc2)c2ccc(N)cc2)c(C)cc1N(c1ccc(N)cc1)c1ccc(N)cc1. The molecule has 0 amide bonds. The standard InChI is InChI=1S/C32H32N6/c1-21-19-32(38(29-15-7-25(35)8-16-29)30-17-9-26(36)10-18-30)22(2)20-31(21)37(27-11-3-23(33)4-12-27)28-13-5-24(34)6-14-28/h3-20H,33-36H2,1-2H3. The van der Waals surface area contributed by atoms with E-state index in [1.165, 1.54) is 0 Å². The summed E-state index contributed by atoms with van der Waals surface area (Å²) in [7, 11) is 0. The summed E-state index contributed by atoms with van der Waals surface area (Å²) in [4.78, 5) is 4.45. The lowest BCUT2D eigenvalue weighted by Crippen LogP contribution is -2.15. The van der Waals surface area contributed by atoms with Crippen LogP contribution in [0.1, 0.15) is 11.1 Å². The van der Waals surface area contributed by atoms with Gasteiger partial charge in [0, 0.05) is 56.9 Å². The Labute approximate surface area is 223 Å². The lowest BCUT2D eigenvalue weighted by atomic mass is 10.0. The van der Waals surface area contributed by atoms with E-state index >= 15 is 0 Å². The monoisotopic (exact) mass is 500 g/mol. The minimum atomic E-state index is 0.719. The molecule has 0 spiro atoms. The van der Waals surface area contributed by atoms with Crippen LogP contribution in [0.5, 0.6) is 0 Å². The van der Waals surface area contributed by atoms with Crippen LogP contribution in [0.15, 0.2) is 109 Å². The molecule has 0 unspecified atom stereocenters. The van der Waals surface area contributed by atoms with Crippen molar-refractivity contribution in [3.63, 3.8) is 0 Å². The van der Waals surface area contributed by atoms with Crippen LogP contribution in [0.2, 0.25) is 0 Å². The van der Waals surface area contributed by atoms with Crippen molar-refractivity contribution in [1.82, 2.24) is 0 Å². The molecule has 0 aromatic heterocycles. The van der Waals surface area contributed by atoms with E-state index in [9.17, 15) is 0 Å². The van der Waals surface area contributed by atoms with Crippen molar-refractivity contribution in [3.05, 3.63) is 120 Å². The second-order valence-corrected chi connectivity index (χ2v) is 9.46. The Morgan fingerprint density at radius 2 is 0.579 bits per heavy atom. The number of aryl methyl sites for hydroxylation is 2. The number of rotatable bonds is 6. The van der Waals surface area contributed by atoms with Crippen molar-refractivity contribution in [2.24, 2.45) is 0 Å². The molecule has 6 nitrogen and oxygen atoms in total. The number of nitrogens with zero attached hydrogens (tertiary/aromatic N) is 2. The molecule has 0 aliphatic carbocycles. The third kappa shape index (κ3) is 4.92. The Balaban J connectivity index is 1.67. The van der Waals surface area contributed by atoms with Gasteiger partial charge in [0.25, 0.3) is 0 Å². The molecule has 0 saturated carbocycles. The van der Waals surface area contributed by atoms with Crippen molar-refractivity contribution in [3.8, 4) is 0 Å². The van der Waals surface area contributed by atoms with E-state index < -0.39 is 0 Å². The van der Waals surface area contributed by atoms with Gasteiger partial charge >= 0.3 is 0 Å². The van der Waals surface area contributed by atoms with Crippen molar-refractivity contribution in [2.75, 3.05) is 32.7 Å². The highest BCUT2D eigenvalue weighted by Gasteiger charge is 2.20. The summed E-state index contributed by atoms with van der Waals surface area (Å²) in [6.45, 7) is 4.26. The van der Waals surface area contributed by atoms with E-state index in [1.807, 2.05) is 97.1 Å². The third-order valence-electron chi connectivity index (χ3n) is 6.60. The number of anilines is 10. The van der Waals surface area contributed by atoms with Crippen LogP contribution in [0.3, 0.4) is 0 Å². The van der Waals surface area contributed by atoms with Gasteiger partial charge in [-0.2, -0.15) is 0 Å². The molecular weight excluding hydrogens is 468 g/mol. The van der Waals surface area contributed by atoms with Gasteiger partial charge in [-0.25, -0.2) is 0 Å². The summed E-state index contributed by atoms with van der Waals surface area (Å²) in [5.41, 5.74) is 35.3. The molecular formula is C32H32N6. The lowest BCUT2D eigenvalue weighted by Gasteiger charge is -2.31. The highest BCUT2D eigenvalue weighted by atomic mass is 15.2. The largest absolute Gasteiger partial charge is 0.399 e. The Bertz CT molecular complexity index is 1330. The minimum absolute atomic E-state index is 0.719. The van der Waals surface area contributed by atoms with E-state index in [1.54, 1.807) is 0 Å². The molecule has 5 aromatic carbocycles. The zero-order valence-electron chi connectivity index (χ0n) is 21.6. The van der Waals surface area contributed by atoms with Crippen LogP contribution in [0.4, 0.5) is 56.9 Å². The van der Waals surface area contributed by atoms with Gasteiger partial charge in [0.05, 0.1) is 0 Å². The van der Waals surface area contributed by atoms with Crippen LogP contribution >= 0.6 is 0 Å². The zero-order valence-corrected chi connectivity index (χ0v) is 21.6. The average molecular weight is 501 g/mol. The van der Waals surface area contributed by atoms with Crippen molar-refractivity contribution in [2.45, 2.75) is 13.8 Å². The maximum Gasteiger partial charge on any atom is 0.0494 e. The van der Waals surface area contributed by atoms with Gasteiger partial charge < -0.3 is 32.7 Å². The molecule has 0 fully saturated rings. The highest BCUT2D eigenvalue weighted by Crippen LogP contribution is 2.43. The molecule has 38 heavy (non-hydrogen) atoms. The van der Waals surface area contributed by atoms with Crippen LogP contribution < -0.4 is 32.7 Å². The lowest BCUT2D eigenvalue weighted by molar-refractivity contribution is 1.20. The first kappa shape index (κ1) is 24.6. The molecule has 5 rings (SSSR count). The highest BCUT2D eigenvalue weighted by molar-refractivity contribution is 5.85. The average Bonchev–Trinajstić information content (AvgIpc) is 2.91. The van der Waals surface area contributed by atoms with Crippen LogP contribution in [-0.4, -0.2) is 0 Å². The van der Waals surface area contributed by atoms with E-state index in [2.05, 4.69) is 35.8 Å². The first-order valence-corrected chi connectivity index (χ1v) is 12.4. The molecule has 0 saturated heterocycles. The maximum atomic E-state index is 6.00. The fourth-order valence-electron chi connectivity index (χ4n) is 4.62. The summed E-state index contributed by atoms with van der Waals surface area (Å²) in [6.07, 6.45) is 0. The summed E-state index contributed by atoms with van der Waals surface area (Å²) in [5, 5.41) is 0. The second-order valence-electron chi connectivity index (χ2n) is 9.46. The molecule has 0 heterocycles. The Morgan fingerprint density at radius 1 is 0.368 bits per heavy atom. The van der Waals surface area contributed by atoms with Gasteiger partial charge in [-0.3, -0.25) is 0 Å². The van der Waals surface area contributed by atoms with E-state index in [0.29, 0.717) is 0 Å². The molecule has 0 aliphatic heterocycles. The van der Waals surface area contributed by atoms with Gasteiger partial charge in [-0.1, -0.05) is 0 Å². The predicted molar refractivity (Wildman–Crippen MR) is 163 cm³/mol. The van der Waals surface area contributed by atoms with E-state index in [4.69, 9.17) is 22.9 Å². The van der Waals surface area contributed by atoms with Gasteiger partial charge in [0.15, 0.2) is 0 Å². The number of hydrogen-bond acceptors (Lipinski definition) is 6. The van der Waals surface area contributed by atoms with Crippen LogP contribution in [0, 0.1) is 13.8 Å². The number of benzene rings is 5. The van der Waals surface area contributed by atoms with Gasteiger partial charge in [-0.05, 0) is 134 Å². The van der Waals surface area contributed by atoms with Gasteiger partial charge in [-0.15, -0.1) is 0 Å². The fraction of sp³-hybridized carbons (Fsp3) is 0.0625. The molecule has 6 heteroatoms. The number of nitrogens with two attached hydrogens (primary N) is 4. The van der Waals surface area contributed by atoms with E-state index in [0.717, 1.165) is 68.0 Å². The Kier molecular flexibility index (Phi) is 6.54. The fourth-order valence-corrected chi connectivity index (χ4v) is 4.62. The van der Waals surface area contributed by atoms with Crippen molar-refractivity contribution in [1.29, 1.82) is 0 Å². The normalized spacial score (nSPS) is 10.8. The number of hydrogen-bond donors (Lipinski definition) is 4. The summed E-state index contributed by atoms with van der Waals surface area (Å²) < 4.78 is 0. The van der Waals surface area contributed by atoms with Crippen LogP contribution in [0.25, 0.3) is 0 Å². The van der Waals surface area contributed by atoms with Gasteiger partial charge in [0.2, 0.25) is 0 Å². The Morgan fingerprint density at radius 3 is 0.789 bits per heavy atom. The zero-order chi connectivity index (χ0) is 26.8. The van der Waals surface area contributed by atoms with Crippen molar-refractivity contribution >= 4 is 56.9 Å². The molecule has 0 aliphatic rings. The first-order valence-electron chi connectivity index (χ1n) is 12.4. The first-order chi connectivity index (χ1) is 18.3. The number of nitrogen functional groups attached to an aromatic ring is 4. The molecule has 0 atom stereocenters. The molecule has 0 bridgehead atoms. The summed E-state index contributed by atoms with van der Waals surface area (Å²) in [6, 6.07) is 36.0. The quantitative estimate of drug-likeness (QED) is 0.179. The molecule has 190 valence electrons. The minimum Gasteiger partial charge on any atom is -0.399 e. The molecule has 5 aromatic rings. The second kappa shape index (κ2) is 10.1. The smallest absolute Gasteiger partial charge is 0.0494 e. The van der Waals surface area contributed by atoms with Crippen LogP contribution in [-0.2, 0) is 0 Å². The topological polar surface area (TPSA) is 111 Å². The van der Waals surface area contributed by atoms with E-state index in [-0.39, 0.29) is 0 Å². The molecule has 0 radical (unpaired) electrons. The third-order valence-corrected chi connectivity index (χ3v) is 6.60. The van der Waals surface area contributed by atoms with Gasteiger partial charge in [0.1, 0.15) is 0 Å². The summed E-state index contributed by atoms with van der Waals surface area (Å²) in [5.74, 6) is 0. The van der Waals surface area contributed by atoms with Crippen molar-refractivity contribution < 1.29 is 0 Å². The maximum absolute atomic E-state index is 6.00. The Hall–Kier alpha value is -5.10. The predicted octanol–water partition coefficient (Wildman–Crippen LogP) is 7.57.